The van der Waals surface area contributed by atoms with Crippen molar-refractivity contribution in [2.75, 3.05) is 45.2 Å². The van der Waals surface area contributed by atoms with Crippen molar-refractivity contribution in [3.8, 4) is 0 Å². The second-order valence-electron chi connectivity index (χ2n) is 6.21. The molecule has 1 aliphatic heterocycles. The normalized spacial score (nSPS) is 19.3. The van der Waals surface area contributed by atoms with E-state index >= 15 is 0 Å². The maximum atomic E-state index is 4.28. The fraction of sp³-hybridized carbons (Fsp3) is 0.941. The van der Waals surface area contributed by atoms with Gasteiger partial charge in [-0.3, -0.25) is 4.99 Å². The van der Waals surface area contributed by atoms with Crippen LogP contribution in [0.2, 0.25) is 0 Å². The van der Waals surface area contributed by atoms with Crippen LogP contribution in [0, 0.1) is 0 Å². The Balaban J connectivity index is 0.00000484. The predicted octanol–water partition coefficient (Wildman–Crippen LogP) is 3.57. The fourth-order valence-electron chi connectivity index (χ4n) is 2.94. The molecule has 1 fully saturated rings. The Hall–Kier alpha value is 0.310. The quantitative estimate of drug-likeness (QED) is 0.228. The van der Waals surface area contributed by atoms with Gasteiger partial charge in [0, 0.05) is 26.2 Å². The first kappa shape index (κ1) is 23.3. The van der Waals surface area contributed by atoms with Gasteiger partial charge in [0.15, 0.2) is 5.96 Å². The van der Waals surface area contributed by atoms with Crippen molar-refractivity contribution in [3.63, 3.8) is 0 Å². The van der Waals surface area contributed by atoms with Crippen LogP contribution in [-0.2, 0) is 0 Å². The average molecular weight is 456 g/mol. The van der Waals surface area contributed by atoms with Crippen molar-refractivity contribution in [3.05, 3.63) is 0 Å². The summed E-state index contributed by atoms with van der Waals surface area (Å²) < 4.78 is 0. The van der Waals surface area contributed by atoms with E-state index in [-0.39, 0.29) is 24.0 Å². The van der Waals surface area contributed by atoms with E-state index < -0.39 is 0 Å². The third-order valence-corrected chi connectivity index (χ3v) is 5.09. The van der Waals surface area contributed by atoms with Gasteiger partial charge in [-0.2, -0.15) is 11.8 Å². The number of nitrogens with one attached hydrogen (secondary N) is 2. The maximum Gasteiger partial charge on any atom is 0.190 e. The molecule has 6 heteroatoms. The molecule has 0 saturated carbocycles. The van der Waals surface area contributed by atoms with Crippen molar-refractivity contribution in [1.29, 1.82) is 0 Å². The van der Waals surface area contributed by atoms with Crippen molar-refractivity contribution < 1.29 is 0 Å². The number of nitrogens with zero attached hydrogens (tertiary/aromatic N) is 2. The second-order valence-corrected chi connectivity index (χ2v) is 7.20. The van der Waals surface area contributed by atoms with Gasteiger partial charge in [-0.25, -0.2) is 0 Å². The Kier molecular flexibility index (Phi) is 16.0. The average Bonchev–Trinajstić information content (AvgIpc) is 2.54. The number of likely N-dealkylation sites (tertiary alicyclic amines) is 1. The molecule has 2 N–H and O–H groups in total. The number of aliphatic imine (C=N–C) groups is 1. The topological polar surface area (TPSA) is 39.7 Å². The molecule has 0 aromatic heterocycles. The minimum atomic E-state index is 0. The Bertz CT molecular complexity index is 302. The van der Waals surface area contributed by atoms with Crippen LogP contribution < -0.4 is 10.6 Å². The van der Waals surface area contributed by atoms with E-state index in [1.165, 1.54) is 63.8 Å². The summed E-state index contributed by atoms with van der Waals surface area (Å²) in [6.07, 6.45) is 11.3. The number of thioether (sulfide) groups is 1. The zero-order chi connectivity index (χ0) is 16.0. The number of unbranched alkanes of at least 4 members (excludes halogenated alkanes) is 2. The summed E-state index contributed by atoms with van der Waals surface area (Å²) in [4.78, 5) is 6.94. The van der Waals surface area contributed by atoms with Crippen LogP contribution in [0.1, 0.15) is 51.9 Å². The molecule has 0 aromatic rings. The van der Waals surface area contributed by atoms with E-state index in [1.54, 1.807) is 0 Å². The summed E-state index contributed by atoms with van der Waals surface area (Å²) in [5, 5.41) is 6.82. The van der Waals surface area contributed by atoms with Crippen LogP contribution >= 0.6 is 35.7 Å². The molecule has 1 heterocycles. The van der Waals surface area contributed by atoms with E-state index in [1.807, 2.05) is 18.8 Å². The zero-order valence-corrected chi connectivity index (χ0v) is 18.4. The van der Waals surface area contributed by atoms with Gasteiger partial charge in [-0.05, 0) is 70.5 Å². The molecule has 1 rings (SSSR count). The largest absolute Gasteiger partial charge is 0.356 e. The standard InChI is InChI=1S/C17H36N4S.HI/c1-16-10-4-7-13-21(16)14-8-5-11-19-17(18-2)20-12-6-9-15-22-3;/h16H,4-15H2,1-3H3,(H2,18,19,20);1H. The summed E-state index contributed by atoms with van der Waals surface area (Å²) in [5.74, 6) is 2.21. The molecule has 0 aromatic carbocycles. The highest BCUT2D eigenvalue weighted by molar-refractivity contribution is 14.0. The van der Waals surface area contributed by atoms with E-state index in [0.717, 1.165) is 25.1 Å². The Labute approximate surface area is 165 Å². The maximum absolute atomic E-state index is 4.28. The summed E-state index contributed by atoms with van der Waals surface area (Å²) >= 11 is 1.92. The molecule has 1 atom stereocenters. The summed E-state index contributed by atoms with van der Waals surface area (Å²) in [7, 11) is 1.85. The molecule has 0 bridgehead atoms. The molecule has 138 valence electrons. The third-order valence-electron chi connectivity index (χ3n) is 4.40. The highest BCUT2D eigenvalue weighted by atomic mass is 127. The minimum absolute atomic E-state index is 0. The van der Waals surface area contributed by atoms with Crippen molar-refractivity contribution >= 4 is 41.7 Å². The first-order valence-corrected chi connectivity index (χ1v) is 10.3. The molecule has 1 saturated heterocycles. The number of hydrogen-bond donors (Lipinski definition) is 2. The highest BCUT2D eigenvalue weighted by Crippen LogP contribution is 2.16. The third kappa shape index (κ3) is 11.5. The van der Waals surface area contributed by atoms with Gasteiger partial charge in [-0.15, -0.1) is 24.0 Å². The van der Waals surface area contributed by atoms with Gasteiger partial charge < -0.3 is 15.5 Å². The number of rotatable bonds is 10. The molecule has 23 heavy (non-hydrogen) atoms. The summed E-state index contributed by atoms with van der Waals surface area (Å²) in [5.41, 5.74) is 0. The van der Waals surface area contributed by atoms with Crippen LogP contribution in [0.3, 0.4) is 0 Å². The van der Waals surface area contributed by atoms with Crippen molar-refractivity contribution in [1.82, 2.24) is 15.5 Å². The Morgan fingerprint density at radius 1 is 1.13 bits per heavy atom. The van der Waals surface area contributed by atoms with E-state index in [2.05, 4.69) is 33.7 Å². The van der Waals surface area contributed by atoms with Gasteiger partial charge in [-0.1, -0.05) is 6.42 Å². The smallest absolute Gasteiger partial charge is 0.190 e. The predicted molar refractivity (Wildman–Crippen MR) is 117 cm³/mol. The van der Waals surface area contributed by atoms with E-state index in [9.17, 15) is 0 Å². The van der Waals surface area contributed by atoms with Gasteiger partial charge >= 0.3 is 0 Å². The van der Waals surface area contributed by atoms with Crippen LogP contribution in [0.15, 0.2) is 4.99 Å². The molecule has 4 nitrogen and oxygen atoms in total. The van der Waals surface area contributed by atoms with Crippen molar-refractivity contribution in [2.24, 2.45) is 4.99 Å². The monoisotopic (exact) mass is 456 g/mol. The lowest BCUT2D eigenvalue weighted by Crippen LogP contribution is -2.39. The Morgan fingerprint density at radius 3 is 2.43 bits per heavy atom. The first-order chi connectivity index (χ1) is 10.8. The van der Waals surface area contributed by atoms with E-state index in [4.69, 9.17) is 0 Å². The van der Waals surface area contributed by atoms with Crippen LogP contribution in [0.4, 0.5) is 0 Å². The number of halogens is 1. The minimum Gasteiger partial charge on any atom is -0.356 e. The second kappa shape index (κ2) is 15.8. The van der Waals surface area contributed by atoms with Crippen LogP contribution in [0.5, 0.6) is 0 Å². The molecule has 1 unspecified atom stereocenters. The fourth-order valence-corrected chi connectivity index (χ4v) is 3.43. The van der Waals surface area contributed by atoms with Crippen molar-refractivity contribution in [2.45, 2.75) is 57.9 Å². The molecule has 1 aliphatic rings. The molecular formula is C17H37IN4S. The molecular weight excluding hydrogens is 419 g/mol. The van der Waals surface area contributed by atoms with Crippen LogP contribution in [-0.4, -0.2) is 62.1 Å². The lowest BCUT2D eigenvalue weighted by atomic mass is 10.0. The summed E-state index contributed by atoms with van der Waals surface area (Å²) in [6.45, 7) is 6.97. The summed E-state index contributed by atoms with van der Waals surface area (Å²) in [6, 6.07) is 0.789. The lowest BCUT2D eigenvalue weighted by Gasteiger charge is -2.33. The van der Waals surface area contributed by atoms with E-state index in [0.29, 0.717) is 0 Å². The van der Waals surface area contributed by atoms with Gasteiger partial charge in [0.05, 0.1) is 0 Å². The zero-order valence-electron chi connectivity index (χ0n) is 15.3. The molecule has 0 aliphatic carbocycles. The molecule has 0 radical (unpaired) electrons. The molecule has 0 spiro atoms. The highest BCUT2D eigenvalue weighted by Gasteiger charge is 2.16. The molecule has 0 amide bonds. The van der Waals surface area contributed by atoms with Crippen LogP contribution in [0.25, 0.3) is 0 Å². The lowest BCUT2D eigenvalue weighted by molar-refractivity contribution is 0.158. The number of piperidine rings is 1. The Morgan fingerprint density at radius 2 is 1.83 bits per heavy atom. The first-order valence-electron chi connectivity index (χ1n) is 8.95. The van der Waals surface area contributed by atoms with Gasteiger partial charge in [0.2, 0.25) is 0 Å². The SMILES string of the molecule is CN=C(NCCCCSC)NCCCCN1CCCCC1C.I. The van der Waals surface area contributed by atoms with Gasteiger partial charge in [0.25, 0.3) is 0 Å². The number of hydrogen-bond acceptors (Lipinski definition) is 3. The van der Waals surface area contributed by atoms with Gasteiger partial charge in [0.1, 0.15) is 0 Å². The number of guanidine groups is 1.